The number of aromatic amines is 1. The van der Waals surface area contributed by atoms with Crippen LogP contribution in [0.5, 0.6) is 0 Å². The fourth-order valence-corrected chi connectivity index (χ4v) is 4.34. The highest BCUT2D eigenvalue weighted by Gasteiger charge is 2.28. The first-order valence-electron chi connectivity index (χ1n) is 7.28. The highest BCUT2D eigenvalue weighted by atomic mass is 32.2. The molecule has 2 aromatic heterocycles. The Labute approximate surface area is 144 Å². The third-order valence-electron chi connectivity index (χ3n) is 3.66. The lowest BCUT2D eigenvalue weighted by Gasteiger charge is -2.08. The van der Waals surface area contributed by atoms with E-state index in [1.54, 1.807) is 11.6 Å². The molecule has 0 fully saturated rings. The first-order chi connectivity index (χ1) is 11.3. The van der Waals surface area contributed by atoms with Crippen LogP contribution in [0.2, 0.25) is 0 Å². The molecule has 1 aliphatic rings. The van der Waals surface area contributed by atoms with Gasteiger partial charge in [0.15, 0.2) is 5.16 Å². The van der Waals surface area contributed by atoms with Crippen LogP contribution in [-0.2, 0) is 25.6 Å². The minimum atomic E-state index is -4.24. The number of aromatic nitrogens is 4. The van der Waals surface area contributed by atoms with Crippen LogP contribution in [0.15, 0.2) is 21.3 Å². The molecular formula is C14H15F3N4OS2. The van der Waals surface area contributed by atoms with Crippen LogP contribution in [0, 0.1) is 0 Å². The molecule has 0 amide bonds. The number of alkyl halides is 3. The van der Waals surface area contributed by atoms with Crippen molar-refractivity contribution in [2.24, 2.45) is 7.05 Å². The maximum absolute atomic E-state index is 12.4. The van der Waals surface area contributed by atoms with Crippen molar-refractivity contribution in [1.29, 1.82) is 0 Å². The van der Waals surface area contributed by atoms with E-state index < -0.39 is 11.9 Å². The van der Waals surface area contributed by atoms with Gasteiger partial charge < -0.3 is 9.55 Å². The van der Waals surface area contributed by atoms with Crippen molar-refractivity contribution < 1.29 is 13.2 Å². The molecule has 2 heterocycles. The number of nitrogens with zero attached hydrogens (tertiary/aromatic N) is 3. The molecule has 0 aliphatic heterocycles. The molecule has 24 heavy (non-hydrogen) atoms. The fourth-order valence-electron chi connectivity index (χ4n) is 2.49. The first kappa shape index (κ1) is 17.4. The Balaban J connectivity index is 1.72. The summed E-state index contributed by atoms with van der Waals surface area (Å²) >= 11 is 1.97. The van der Waals surface area contributed by atoms with E-state index in [4.69, 9.17) is 0 Å². The maximum atomic E-state index is 12.4. The van der Waals surface area contributed by atoms with Crippen molar-refractivity contribution in [3.8, 4) is 0 Å². The van der Waals surface area contributed by atoms with E-state index in [1.165, 1.54) is 18.1 Å². The minimum absolute atomic E-state index is 0.114. The lowest BCUT2D eigenvalue weighted by atomic mass is 10.3. The van der Waals surface area contributed by atoms with Gasteiger partial charge in [0.25, 0.3) is 5.56 Å². The van der Waals surface area contributed by atoms with Gasteiger partial charge in [0.1, 0.15) is 5.03 Å². The molecular weight excluding hydrogens is 361 g/mol. The van der Waals surface area contributed by atoms with Crippen LogP contribution >= 0.6 is 23.5 Å². The molecule has 0 saturated carbocycles. The summed E-state index contributed by atoms with van der Waals surface area (Å²) in [5.41, 5.74) is 2.15. The Kier molecular flexibility index (Phi) is 4.95. The smallest absolute Gasteiger partial charge is 0.336 e. The van der Waals surface area contributed by atoms with Gasteiger partial charge in [0.05, 0.1) is 23.5 Å². The SMILES string of the molecule is Cn1cnc(SCC(F)(F)F)c1CSc1nc2c(c(=O)[nH]1)CCC2. The molecule has 1 N–H and O–H groups in total. The molecule has 2 aromatic rings. The standard InChI is InChI=1S/C14H15F3N4OS2/c1-21-7-18-12(24-6-14(15,16)17)10(21)5-23-13-19-9-4-2-3-8(9)11(22)20-13/h7H,2-6H2,1H3,(H,19,20,22). The molecule has 1 aliphatic carbocycles. The first-order valence-corrected chi connectivity index (χ1v) is 9.25. The number of nitrogens with one attached hydrogen (secondary N) is 1. The van der Waals surface area contributed by atoms with Crippen LogP contribution in [-0.4, -0.2) is 31.4 Å². The number of rotatable bonds is 5. The summed E-state index contributed by atoms with van der Waals surface area (Å²) in [6.07, 6.45) is -0.264. The fraction of sp³-hybridized carbons (Fsp3) is 0.500. The van der Waals surface area contributed by atoms with Crippen LogP contribution < -0.4 is 5.56 Å². The van der Waals surface area contributed by atoms with Gasteiger partial charge in [-0.15, -0.1) is 0 Å². The summed E-state index contributed by atoms with van der Waals surface area (Å²) in [6.45, 7) is 0. The molecule has 0 spiro atoms. The zero-order chi connectivity index (χ0) is 17.3. The lowest BCUT2D eigenvalue weighted by molar-refractivity contribution is -0.105. The van der Waals surface area contributed by atoms with Gasteiger partial charge in [0.2, 0.25) is 0 Å². The van der Waals surface area contributed by atoms with Gasteiger partial charge in [0, 0.05) is 18.4 Å². The van der Waals surface area contributed by atoms with Crippen molar-refractivity contribution in [2.75, 3.05) is 5.75 Å². The van der Waals surface area contributed by atoms with Gasteiger partial charge in [-0.2, -0.15) is 13.2 Å². The number of thioether (sulfide) groups is 2. The third kappa shape index (κ3) is 3.97. The van der Waals surface area contributed by atoms with E-state index in [-0.39, 0.29) is 5.56 Å². The van der Waals surface area contributed by atoms with E-state index >= 15 is 0 Å². The molecule has 130 valence electrons. The summed E-state index contributed by atoms with van der Waals surface area (Å²) in [5, 5.41) is 0.847. The average Bonchev–Trinajstić information content (AvgIpc) is 3.09. The predicted octanol–water partition coefficient (Wildman–Crippen LogP) is 2.94. The zero-order valence-electron chi connectivity index (χ0n) is 12.8. The monoisotopic (exact) mass is 376 g/mol. The van der Waals surface area contributed by atoms with Crippen LogP contribution in [0.25, 0.3) is 0 Å². The van der Waals surface area contributed by atoms with Gasteiger partial charge >= 0.3 is 6.18 Å². The highest BCUT2D eigenvalue weighted by molar-refractivity contribution is 7.99. The minimum Gasteiger partial charge on any atom is -0.336 e. The van der Waals surface area contributed by atoms with Crippen molar-refractivity contribution in [1.82, 2.24) is 19.5 Å². The van der Waals surface area contributed by atoms with E-state index in [9.17, 15) is 18.0 Å². The predicted molar refractivity (Wildman–Crippen MR) is 86.4 cm³/mol. The van der Waals surface area contributed by atoms with E-state index in [0.29, 0.717) is 33.4 Å². The second-order valence-corrected chi connectivity index (χ2v) is 7.38. The number of halogens is 3. The lowest BCUT2D eigenvalue weighted by Crippen LogP contribution is -2.15. The van der Waals surface area contributed by atoms with Crippen LogP contribution in [0.4, 0.5) is 13.2 Å². The Morgan fingerprint density at radius 1 is 1.33 bits per heavy atom. The summed E-state index contributed by atoms with van der Waals surface area (Å²) in [5.74, 6) is -0.589. The summed E-state index contributed by atoms with van der Waals surface area (Å²) in [6, 6.07) is 0. The summed E-state index contributed by atoms with van der Waals surface area (Å²) in [4.78, 5) is 23.2. The Bertz CT molecular complexity index is 800. The summed E-state index contributed by atoms with van der Waals surface area (Å²) in [7, 11) is 1.74. The van der Waals surface area contributed by atoms with Crippen molar-refractivity contribution in [2.45, 2.75) is 41.4 Å². The normalized spacial score (nSPS) is 14.2. The largest absolute Gasteiger partial charge is 0.398 e. The molecule has 0 radical (unpaired) electrons. The molecule has 0 bridgehead atoms. The van der Waals surface area contributed by atoms with Gasteiger partial charge in [-0.25, -0.2) is 9.97 Å². The third-order valence-corrected chi connectivity index (χ3v) is 5.63. The highest BCUT2D eigenvalue weighted by Crippen LogP contribution is 2.31. The summed E-state index contributed by atoms with van der Waals surface area (Å²) < 4.78 is 38.9. The van der Waals surface area contributed by atoms with Crippen molar-refractivity contribution in [3.05, 3.63) is 33.6 Å². The van der Waals surface area contributed by atoms with Crippen LogP contribution in [0.1, 0.15) is 23.4 Å². The quantitative estimate of drug-likeness (QED) is 0.642. The number of aryl methyl sites for hydroxylation is 2. The maximum Gasteiger partial charge on any atom is 0.398 e. The van der Waals surface area contributed by atoms with Gasteiger partial charge in [-0.05, 0) is 19.3 Å². The van der Waals surface area contributed by atoms with Gasteiger partial charge in [-0.3, -0.25) is 4.79 Å². The Hall–Kier alpha value is -1.42. The zero-order valence-corrected chi connectivity index (χ0v) is 14.4. The van der Waals surface area contributed by atoms with Crippen LogP contribution in [0.3, 0.4) is 0 Å². The average molecular weight is 376 g/mol. The second kappa shape index (κ2) is 6.83. The van der Waals surface area contributed by atoms with Crippen molar-refractivity contribution >= 4 is 23.5 Å². The molecule has 10 heteroatoms. The van der Waals surface area contributed by atoms with E-state index in [2.05, 4.69) is 15.0 Å². The van der Waals surface area contributed by atoms with Gasteiger partial charge in [-0.1, -0.05) is 23.5 Å². The number of hydrogen-bond donors (Lipinski definition) is 1. The molecule has 0 atom stereocenters. The van der Waals surface area contributed by atoms with E-state index in [1.807, 2.05) is 0 Å². The Morgan fingerprint density at radius 2 is 2.12 bits per heavy atom. The van der Waals surface area contributed by atoms with Crippen molar-refractivity contribution in [3.63, 3.8) is 0 Å². The number of imidazole rings is 1. The molecule has 0 unspecified atom stereocenters. The molecule has 0 saturated heterocycles. The van der Waals surface area contributed by atoms with E-state index in [0.717, 1.165) is 30.5 Å². The molecule has 0 aromatic carbocycles. The number of fused-ring (bicyclic) bond motifs is 1. The number of hydrogen-bond acceptors (Lipinski definition) is 5. The Morgan fingerprint density at radius 3 is 2.88 bits per heavy atom. The number of H-pyrrole nitrogens is 1. The molecule has 5 nitrogen and oxygen atoms in total. The topological polar surface area (TPSA) is 63.6 Å². The molecule has 3 rings (SSSR count). The second-order valence-electron chi connectivity index (χ2n) is 5.45.